The lowest BCUT2D eigenvalue weighted by molar-refractivity contribution is -0.117. The number of sulfonamides is 1. The van der Waals surface area contributed by atoms with Crippen molar-refractivity contribution in [3.8, 4) is 0 Å². The summed E-state index contributed by atoms with van der Waals surface area (Å²) >= 11 is 1.13. The molecule has 0 unspecified atom stereocenters. The van der Waals surface area contributed by atoms with Gasteiger partial charge >= 0.3 is 6.03 Å². The average molecular weight is 401 g/mol. The summed E-state index contributed by atoms with van der Waals surface area (Å²) in [5, 5.41) is 5.63. The maximum absolute atomic E-state index is 12.0. The topological polar surface area (TPSA) is 108 Å². The van der Waals surface area contributed by atoms with E-state index in [0.717, 1.165) is 41.8 Å². The van der Waals surface area contributed by atoms with Gasteiger partial charge < -0.3 is 5.32 Å². The molecule has 0 aromatic carbocycles. The van der Waals surface area contributed by atoms with Crippen molar-refractivity contribution >= 4 is 33.7 Å². The molecule has 2 rings (SSSR count). The molecule has 0 saturated heterocycles. The number of hydrogen-bond acceptors (Lipinski definition) is 6. The van der Waals surface area contributed by atoms with Crippen molar-refractivity contribution in [1.29, 1.82) is 0 Å². The van der Waals surface area contributed by atoms with Crippen LogP contribution in [0.2, 0.25) is 0 Å². The molecule has 1 aromatic rings. The number of imide groups is 1. The summed E-state index contributed by atoms with van der Waals surface area (Å²) in [5.74, 6) is -0.402. The molecule has 0 bridgehead atoms. The number of aromatic nitrogens is 1. The van der Waals surface area contributed by atoms with E-state index in [2.05, 4.69) is 15.6 Å². The third-order valence-corrected chi connectivity index (χ3v) is 6.77. The largest absolute Gasteiger partial charge is 0.335 e. The quantitative estimate of drug-likeness (QED) is 0.702. The van der Waals surface area contributed by atoms with Crippen LogP contribution in [0, 0.1) is 0 Å². The first kappa shape index (κ1) is 20.7. The Kier molecular flexibility index (Phi) is 7.42. The second-order valence-corrected chi connectivity index (χ2v) is 9.41. The Hall–Kier alpha value is -1.65. The fourth-order valence-corrected chi connectivity index (χ4v) is 4.08. The number of rotatable bonds is 6. The number of pyridine rings is 1. The zero-order valence-electron chi connectivity index (χ0n) is 14.9. The molecule has 0 aliphatic heterocycles. The first-order valence-corrected chi connectivity index (χ1v) is 10.8. The molecule has 10 heteroatoms. The summed E-state index contributed by atoms with van der Waals surface area (Å²) in [7, 11) is -0.635. The molecule has 1 heterocycles. The predicted octanol–water partition coefficient (Wildman–Crippen LogP) is 1.58. The van der Waals surface area contributed by atoms with Gasteiger partial charge in [-0.15, -0.1) is 0 Å². The van der Waals surface area contributed by atoms with Crippen molar-refractivity contribution in [1.82, 2.24) is 19.9 Å². The van der Waals surface area contributed by atoms with Gasteiger partial charge in [-0.1, -0.05) is 31.0 Å². The highest BCUT2D eigenvalue weighted by atomic mass is 32.2. The minimum absolute atomic E-state index is 0.0187. The van der Waals surface area contributed by atoms with Gasteiger partial charge in [-0.3, -0.25) is 10.1 Å². The lowest BCUT2D eigenvalue weighted by Crippen LogP contribution is -2.45. The van der Waals surface area contributed by atoms with Crippen molar-refractivity contribution < 1.29 is 18.0 Å². The number of nitrogens with one attached hydrogen (secondary N) is 2. The van der Waals surface area contributed by atoms with Crippen LogP contribution in [0.4, 0.5) is 4.79 Å². The van der Waals surface area contributed by atoms with Gasteiger partial charge in [-0.05, 0) is 25.0 Å². The van der Waals surface area contributed by atoms with Gasteiger partial charge in [0.25, 0.3) is 0 Å². The third kappa shape index (κ3) is 5.96. The minimum Gasteiger partial charge on any atom is -0.335 e. The van der Waals surface area contributed by atoms with Crippen LogP contribution < -0.4 is 10.6 Å². The monoisotopic (exact) mass is 400 g/mol. The maximum atomic E-state index is 12.0. The van der Waals surface area contributed by atoms with E-state index < -0.39 is 22.0 Å². The number of thioether (sulfide) groups is 1. The molecule has 1 aliphatic rings. The smallest absolute Gasteiger partial charge is 0.321 e. The highest BCUT2D eigenvalue weighted by Gasteiger charge is 2.18. The van der Waals surface area contributed by atoms with Crippen molar-refractivity contribution in [2.24, 2.45) is 0 Å². The fraction of sp³-hybridized carbons (Fsp3) is 0.562. The molecular formula is C16H24N4O4S2. The van der Waals surface area contributed by atoms with Crippen LogP contribution in [-0.4, -0.2) is 55.5 Å². The zero-order valence-corrected chi connectivity index (χ0v) is 16.5. The van der Waals surface area contributed by atoms with Gasteiger partial charge in [-0.2, -0.15) is 0 Å². The van der Waals surface area contributed by atoms with Crippen LogP contribution in [0.5, 0.6) is 0 Å². The maximum Gasteiger partial charge on any atom is 0.321 e. The summed E-state index contributed by atoms with van der Waals surface area (Å²) in [6.07, 6.45) is 6.53. The van der Waals surface area contributed by atoms with Gasteiger partial charge in [0.1, 0.15) is 4.90 Å². The molecule has 0 atom stereocenters. The summed E-state index contributed by atoms with van der Waals surface area (Å²) in [6, 6.07) is 2.65. The van der Waals surface area contributed by atoms with Crippen LogP contribution in [0.1, 0.15) is 32.1 Å². The molecule has 144 valence electrons. The van der Waals surface area contributed by atoms with Crippen molar-refractivity contribution in [2.45, 2.75) is 48.1 Å². The number of carbonyl (C=O) groups is 2. The summed E-state index contributed by atoms with van der Waals surface area (Å²) in [5.41, 5.74) is 0. The van der Waals surface area contributed by atoms with Crippen LogP contribution >= 0.6 is 11.8 Å². The summed E-state index contributed by atoms with van der Waals surface area (Å²) < 4.78 is 25.0. The molecule has 8 nitrogen and oxygen atoms in total. The van der Waals surface area contributed by atoms with Crippen LogP contribution in [0.15, 0.2) is 28.3 Å². The predicted molar refractivity (Wildman–Crippen MR) is 99.4 cm³/mol. The SMILES string of the molecule is CN(C)S(=O)(=O)c1ccc(SCC(=O)NC(=O)NC2CCCCC2)nc1. The van der Waals surface area contributed by atoms with Gasteiger partial charge in [-0.25, -0.2) is 22.5 Å². The van der Waals surface area contributed by atoms with Crippen LogP contribution in [0.25, 0.3) is 0 Å². The lowest BCUT2D eigenvalue weighted by atomic mass is 9.96. The Morgan fingerprint density at radius 3 is 2.50 bits per heavy atom. The minimum atomic E-state index is -3.53. The average Bonchev–Trinajstić information content (AvgIpc) is 2.61. The zero-order chi connectivity index (χ0) is 19.2. The molecule has 2 N–H and O–H groups in total. The number of nitrogens with zero attached hydrogens (tertiary/aromatic N) is 2. The van der Waals surface area contributed by atoms with Crippen LogP contribution in [0.3, 0.4) is 0 Å². The first-order valence-electron chi connectivity index (χ1n) is 8.41. The van der Waals surface area contributed by atoms with Crippen molar-refractivity contribution in [2.75, 3.05) is 19.8 Å². The Bertz CT molecular complexity index is 729. The Balaban J connectivity index is 1.79. The number of urea groups is 1. The molecule has 1 saturated carbocycles. The third-order valence-electron chi connectivity index (χ3n) is 4.03. The second kappa shape index (κ2) is 9.33. The molecule has 26 heavy (non-hydrogen) atoms. The Morgan fingerprint density at radius 2 is 1.92 bits per heavy atom. The summed E-state index contributed by atoms with van der Waals surface area (Å²) in [4.78, 5) is 27.8. The van der Waals surface area contributed by atoms with E-state index in [4.69, 9.17) is 0 Å². The van der Waals surface area contributed by atoms with E-state index in [-0.39, 0.29) is 16.7 Å². The Morgan fingerprint density at radius 1 is 1.23 bits per heavy atom. The molecular weight excluding hydrogens is 376 g/mol. The normalized spacial score (nSPS) is 15.7. The Labute approximate surface area is 158 Å². The number of carbonyl (C=O) groups excluding carboxylic acids is 2. The van der Waals surface area contributed by atoms with E-state index in [0.29, 0.717) is 5.03 Å². The molecule has 3 amide bonds. The van der Waals surface area contributed by atoms with E-state index in [9.17, 15) is 18.0 Å². The van der Waals surface area contributed by atoms with Crippen molar-refractivity contribution in [3.63, 3.8) is 0 Å². The second-order valence-electron chi connectivity index (χ2n) is 6.26. The van der Waals surface area contributed by atoms with E-state index in [1.165, 1.54) is 38.8 Å². The fourth-order valence-electron chi connectivity index (χ4n) is 2.59. The lowest BCUT2D eigenvalue weighted by Gasteiger charge is -2.22. The molecule has 1 aliphatic carbocycles. The molecule has 1 aromatic heterocycles. The highest BCUT2D eigenvalue weighted by molar-refractivity contribution is 7.99. The highest BCUT2D eigenvalue weighted by Crippen LogP contribution is 2.19. The van der Waals surface area contributed by atoms with E-state index in [1.807, 2.05) is 0 Å². The molecule has 0 spiro atoms. The van der Waals surface area contributed by atoms with Crippen LogP contribution in [-0.2, 0) is 14.8 Å². The first-order chi connectivity index (χ1) is 12.3. The standard InChI is InChI=1S/C16H24N4O4S2/c1-20(2)26(23,24)13-8-9-15(17-10-13)25-11-14(21)19-16(22)18-12-6-4-3-5-7-12/h8-10,12H,3-7,11H2,1-2H3,(H2,18,19,21,22). The molecule has 0 radical (unpaired) electrons. The number of hydrogen-bond donors (Lipinski definition) is 2. The summed E-state index contributed by atoms with van der Waals surface area (Å²) in [6.45, 7) is 0. The van der Waals surface area contributed by atoms with Gasteiger partial charge in [0.05, 0.1) is 10.8 Å². The number of amides is 3. The van der Waals surface area contributed by atoms with Gasteiger partial charge in [0, 0.05) is 26.3 Å². The van der Waals surface area contributed by atoms with Gasteiger partial charge in [0.15, 0.2) is 0 Å². The van der Waals surface area contributed by atoms with Gasteiger partial charge in [0.2, 0.25) is 15.9 Å². The molecule has 1 fully saturated rings. The van der Waals surface area contributed by atoms with Crippen molar-refractivity contribution in [3.05, 3.63) is 18.3 Å². The van der Waals surface area contributed by atoms with E-state index >= 15 is 0 Å². The van der Waals surface area contributed by atoms with E-state index in [1.54, 1.807) is 0 Å².